The number of nitrogens with zero attached hydrogens (tertiary/aromatic N) is 1. The highest BCUT2D eigenvalue weighted by Gasteiger charge is 2.11. The summed E-state index contributed by atoms with van der Waals surface area (Å²) < 4.78 is 1.00. The van der Waals surface area contributed by atoms with Gasteiger partial charge >= 0.3 is 0 Å². The fourth-order valence-corrected chi connectivity index (χ4v) is 3.16. The topological polar surface area (TPSA) is 74.8 Å². The van der Waals surface area contributed by atoms with E-state index in [0.717, 1.165) is 28.6 Å². The molecule has 0 aliphatic carbocycles. The molecule has 0 saturated heterocycles. The first-order chi connectivity index (χ1) is 11.5. The van der Waals surface area contributed by atoms with Crippen molar-refractivity contribution in [1.29, 1.82) is 0 Å². The van der Waals surface area contributed by atoms with Gasteiger partial charge in [0.1, 0.15) is 0 Å². The molecule has 0 bridgehead atoms. The third-order valence-electron chi connectivity index (χ3n) is 3.37. The van der Waals surface area contributed by atoms with Gasteiger partial charge in [-0.2, -0.15) is 0 Å². The van der Waals surface area contributed by atoms with Gasteiger partial charge in [0.2, 0.25) is 5.91 Å². The van der Waals surface area contributed by atoms with Crippen molar-refractivity contribution in [3.05, 3.63) is 56.4 Å². The van der Waals surface area contributed by atoms with Gasteiger partial charge in [-0.25, -0.2) is 4.98 Å². The third-order valence-corrected chi connectivity index (χ3v) is 4.77. The summed E-state index contributed by atoms with van der Waals surface area (Å²) >= 11 is 4.63. The summed E-state index contributed by atoms with van der Waals surface area (Å²) in [5.41, 5.74) is 1.61. The van der Waals surface area contributed by atoms with Crippen LogP contribution in [0.4, 0.5) is 0 Å². The zero-order valence-electron chi connectivity index (χ0n) is 13.6. The lowest BCUT2D eigenvalue weighted by molar-refractivity contribution is -0.119. The molecule has 1 amide bonds. The summed E-state index contributed by atoms with van der Waals surface area (Å²) in [5, 5.41) is 3.43. The standard InChI is InChI=1S/C17H20BrN3O2S/c1-3-4-14-9-15(22)21-17(20-14)24-10-16(23)19-11(2)12-5-7-13(18)8-6-12/h5-9,11H,3-4,10H2,1-2H3,(H,19,23)(H,20,21,22)/t11-/m0/s1. The second-order valence-electron chi connectivity index (χ2n) is 5.42. The maximum absolute atomic E-state index is 12.1. The molecule has 2 rings (SSSR count). The minimum Gasteiger partial charge on any atom is -0.349 e. The fourth-order valence-electron chi connectivity index (χ4n) is 2.19. The Balaban J connectivity index is 1.91. The molecule has 0 spiro atoms. The van der Waals surface area contributed by atoms with E-state index in [4.69, 9.17) is 0 Å². The van der Waals surface area contributed by atoms with Gasteiger partial charge in [0.25, 0.3) is 5.56 Å². The molecule has 24 heavy (non-hydrogen) atoms. The largest absolute Gasteiger partial charge is 0.349 e. The zero-order valence-corrected chi connectivity index (χ0v) is 16.0. The lowest BCUT2D eigenvalue weighted by Gasteiger charge is -2.14. The Morgan fingerprint density at radius 2 is 2.08 bits per heavy atom. The van der Waals surface area contributed by atoms with E-state index < -0.39 is 0 Å². The Morgan fingerprint density at radius 3 is 2.75 bits per heavy atom. The number of amides is 1. The number of nitrogens with one attached hydrogen (secondary N) is 2. The summed E-state index contributed by atoms with van der Waals surface area (Å²) in [5.74, 6) is 0.110. The number of hydrogen-bond acceptors (Lipinski definition) is 4. The number of aromatic nitrogens is 2. The molecule has 0 saturated carbocycles. The first kappa shape index (κ1) is 18.7. The number of H-pyrrole nitrogens is 1. The molecule has 5 nitrogen and oxygen atoms in total. The number of aromatic amines is 1. The first-order valence-corrected chi connectivity index (χ1v) is 9.53. The van der Waals surface area contributed by atoms with Gasteiger partial charge in [-0.05, 0) is 31.0 Å². The van der Waals surface area contributed by atoms with Crippen molar-refractivity contribution < 1.29 is 4.79 Å². The molecule has 2 N–H and O–H groups in total. The zero-order chi connectivity index (χ0) is 17.5. The minimum absolute atomic E-state index is 0.0790. The van der Waals surface area contributed by atoms with E-state index >= 15 is 0 Å². The number of benzene rings is 1. The summed E-state index contributed by atoms with van der Waals surface area (Å²) in [6.07, 6.45) is 1.68. The Hall–Kier alpha value is -1.60. The SMILES string of the molecule is CCCc1cc(=O)[nH]c(SCC(=O)N[C@@H](C)c2ccc(Br)cc2)n1. The van der Waals surface area contributed by atoms with Gasteiger partial charge in [0.05, 0.1) is 11.8 Å². The van der Waals surface area contributed by atoms with Crippen LogP contribution in [0.3, 0.4) is 0 Å². The summed E-state index contributed by atoms with van der Waals surface area (Å²) in [6.45, 7) is 3.97. The predicted molar refractivity (Wildman–Crippen MR) is 100 cm³/mol. The van der Waals surface area contributed by atoms with Crippen LogP contribution in [0.5, 0.6) is 0 Å². The predicted octanol–water partition coefficient (Wildman–Crippen LogP) is 3.45. The van der Waals surface area contributed by atoms with Crippen LogP contribution in [0, 0.1) is 0 Å². The number of aryl methyl sites for hydroxylation is 1. The minimum atomic E-state index is -0.181. The molecule has 0 unspecified atom stereocenters. The van der Waals surface area contributed by atoms with Gasteiger partial charge in [-0.15, -0.1) is 0 Å². The normalized spacial score (nSPS) is 12.0. The van der Waals surface area contributed by atoms with Crippen LogP contribution in [-0.4, -0.2) is 21.6 Å². The first-order valence-electron chi connectivity index (χ1n) is 7.75. The average molecular weight is 410 g/mol. The van der Waals surface area contributed by atoms with E-state index in [1.807, 2.05) is 38.1 Å². The van der Waals surface area contributed by atoms with Gasteiger partial charge in [0.15, 0.2) is 5.16 Å². The number of carbonyl (C=O) groups is 1. The smallest absolute Gasteiger partial charge is 0.251 e. The van der Waals surface area contributed by atoms with Gasteiger partial charge < -0.3 is 10.3 Å². The number of rotatable bonds is 7. The van der Waals surface area contributed by atoms with Crippen molar-refractivity contribution in [3.8, 4) is 0 Å². The molecular weight excluding hydrogens is 390 g/mol. The van der Waals surface area contributed by atoms with Gasteiger partial charge in [-0.1, -0.05) is 53.2 Å². The summed E-state index contributed by atoms with van der Waals surface area (Å²) in [6, 6.07) is 9.25. The monoisotopic (exact) mass is 409 g/mol. The highest BCUT2D eigenvalue weighted by molar-refractivity contribution is 9.10. The van der Waals surface area contributed by atoms with Crippen LogP contribution in [0.1, 0.15) is 37.6 Å². The summed E-state index contributed by atoms with van der Waals surface area (Å²) in [7, 11) is 0. The molecule has 0 aliphatic rings. The molecule has 0 fully saturated rings. The van der Waals surface area contributed by atoms with Crippen molar-refractivity contribution in [2.75, 3.05) is 5.75 Å². The van der Waals surface area contributed by atoms with Crippen LogP contribution in [0.15, 0.2) is 44.8 Å². The van der Waals surface area contributed by atoms with Crippen LogP contribution < -0.4 is 10.9 Å². The van der Waals surface area contributed by atoms with Crippen LogP contribution in [-0.2, 0) is 11.2 Å². The van der Waals surface area contributed by atoms with Crippen molar-refractivity contribution in [3.63, 3.8) is 0 Å². The number of carbonyl (C=O) groups excluding carboxylic acids is 1. The van der Waals surface area contributed by atoms with Gasteiger partial charge in [-0.3, -0.25) is 9.59 Å². The maximum Gasteiger partial charge on any atom is 0.251 e. The lowest BCUT2D eigenvalue weighted by Crippen LogP contribution is -2.28. The molecule has 7 heteroatoms. The Morgan fingerprint density at radius 1 is 1.38 bits per heavy atom. The van der Waals surface area contributed by atoms with E-state index in [9.17, 15) is 9.59 Å². The quantitative estimate of drug-likeness (QED) is 0.542. The molecular formula is C17H20BrN3O2S. The molecule has 1 aromatic heterocycles. The van der Waals surface area contributed by atoms with Crippen LogP contribution >= 0.6 is 27.7 Å². The van der Waals surface area contributed by atoms with E-state index in [2.05, 4.69) is 31.2 Å². The molecule has 128 valence electrons. The van der Waals surface area contributed by atoms with Gasteiger partial charge in [0, 0.05) is 16.2 Å². The molecule has 1 aromatic carbocycles. The number of thioether (sulfide) groups is 1. The molecule has 0 radical (unpaired) electrons. The second kappa shape index (κ2) is 9.03. The average Bonchev–Trinajstić information content (AvgIpc) is 2.53. The van der Waals surface area contributed by atoms with Crippen molar-refractivity contribution in [2.24, 2.45) is 0 Å². The van der Waals surface area contributed by atoms with Crippen LogP contribution in [0.2, 0.25) is 0 Å². The molecule has 0 aliphatic heterocycles. The van der Waals surface area contributed by atoms with Crippen LogP contribution in [0.25, 0.3) is 0 Å². The van der Waals surface area contributed by atoms with E-state index in [0.29, 0.717) is 5.16 Å². The van der Waals surface area contributed by atoms with Crippen molar-refractivity contribution in [2.45, 2.75) is 37.9 Å². The highest BCUT2D eigenvalue weighted by Crippen LogP contribution is 2.17. The second-order valence-corrected chi connectivity index (χ2v) is 7.30. The molecule has 1 atom stereocenters. The van der Waals surface area contributed by atoms with E-state index in [1.165, 1.54) is 17.8 Å². The fraction of sp³-hybridized carbons (Fsp3) is 0.353. The Labute approximate surface area is 153 Å². The maximum atomic E-state index is 12.1. The van der Waals surface area contributed by atoms with E-state index in [-0.39, 0.29) is 23.3 Å². The molecule has 2 aromatic rings. The third kappa shape index (κ3) is 5.79. The summed E-state index contributed by atoms with van der Waals surface area (Å²) in [4.78, 5) is 30.7. The van der Waals surface area contributed by atoms with Crippen molar-refractivity contribution >= 4 is 33.6 Å². The number of halogens is 1. The van der Waals surface area contributed by atoms with E-state index in [1.54, 1.807) is 0 Å². The highest BCUT2D eigenvalue weighted by atomic mass is 79.9. The van der Waals surface area contributed by atoms with Crippen molar-refractivity contribution in [1.82, 2.24) is 15.3 Å². The lowest BCUT2D eigenvalue weighted by atomic mass is 10.1. The Kier molecular flexibility index (Phi) is 7.05. The molecule has 1 heterocycles. The number of hydrogen-bond donors (Lipinski definition) is 2. The Bertz CT molecular complexity index is 746.